The number of hydrogen-bond acceptors (Lipinski definition) is 5. The van der Waals surface area contributed by atoms with E-state index in [4.69, 9.17) is 14.2 Å². The molecule has 0 radical (unpaired) electrons. The molecule has 0 aliphatic carbocycles. The van der Waals surface area contributed by atoms with Crippen molar-refractivity contribution in [2.75, 3.05) is 21.3 Å². The molecule has 144 valence electrons. The quantitative estimate of drug-likeness (QED) is 0.682. The van der Waals surface area contributed by atoms with Crippen molar-refractivity contribution in [3.05, 3.63) is 53.3 Å². The minimum absolute atomic E-state index is 0.0335. The lowest BCUT2D eigenvalue weighted by Gasteiger charge is -2.14. The Balaban J connectivity index is 1.93. The minimum atomic E-state index is -0.409. The van der Waals surface area contributed by atoms with Gasteiger partial charge in [-0.25, -0.2) is 4.39 Å². The third-order valence-corrected chi connectivity index (χ3v) is 4.01. The van der Waals surface area contributed by atoms with Crippen molar-refractivity contribution < 1.29 is 28.2 Å². The van der Waals surface area contributed by atoms with Crippen LogP contribution in [0.1, 0.15) is 28.8 Å². The Kier molecular flexibility index (Phi) is 7.16. The van der Waals surface area contributed by atoms with Crippen LogP contribution in [0, 0.1) is 5.82 Å². The number of methoxy groups -OCH3 is 3. The Morgan fingerprint density at radius 3 is 2.07 bits per heavy atom. The van der Waals surface area contributed by atoms with Gasteiger partial charge in [-0.05, 0) is 30.3 Å². The van der Waals surface area contributed by atoms with Crippen molar-refractivity contribution in [2.24, 2.45) is 0 Å². The monoisotopic (exact) mass is 375 g/mol. The molecule has 6 nitrogen and oxygen atoms in total. The Hall–Kier alpha value is -3.09. The van der Waals surface area contributed by atoms with E-state index in [1.807, 2.05) is 0 Å². The standard InChI is InChI=1S/C20H22FNO5/c1-25-17-11-19(27-3)18(26-2)10-14(17)12-22-20(24)9-8-16(23)13-4-6-15(21)7-5-13/h4-7,10-11H,8-9,12H2,1-3H3,(H,22,24). The summed E-state index contributed by atoms with van der Waals surface area (Å²) in [6, 6.07) is 8.65. The molecule has 2 rings (SSSR count). The van der Waals surface area contributed by atoms with Gasteiger partial charge in [0.25, 0.3) is 0 Å². The Morgan fingerprint density at radius 1 is 0.889 bits per heavy atom. The number of ether oxygens (including phenoxy) is 3. The van der Waals surface area contributed by atoms with Crippen LogP contribution in [0.15, 0.2) is 36.4 Å². The molecule has 0 aliphatic rings. The van der Waals surface area contributed by atoms with Crippen molar-refractivity contribution in [3.8, 4) is 17.2 Å². The van der Waals surface area contributed by atoms with Gasteiger partial charge in [0.05, 0.1) is 21.3 Å². The summed E-state index contributed by atoms with van der Waals surface area (Å²) in [7, 11) is 4.57. The Bertz CT molecular complexity index is 805. The third-order valence-electron chi connectivity index (χ3n) is 4.01. The number of benzene rings is 2. The van der Waals surface area contributed by atoms with Gasteiger partial charge in [-0.3, -0.25) is 9.59 Å². The average Bonchev–Trinajstić information content (AvgIpc) is 2.70. The molecule has 0 saturated heterocycles. The van der Waals surface area contributed by atoms with E-state index in [2.05, 4.69) is 5.32 Å². The molecule has 0 heterocycles. The second kappa shape index (κ2) is 9.56. The maximum Gasteiger partial charge on any atom is 0.220 e. The number of amides is 1. The number of carbonyl (C=O) groups excluding carboxylic acids is 2. The first-order chi connectivity index (χ1) is 13.0. The molecule has 0 fully saturated rings. The van der Waals surface area contributed by atoms with Gasteiger partial charge in [0.2, 0.25) is 5.91 Å². The van der Waals surface area contributed by atoms with Crippen LogP contribution >= 0.6 is 0 Å². The van der Waals surface area contributed by atoms with Gasteiger partial charge in [0.1, 0.15) is 11.6 Å². The van der Waals surface area contributed by atoms with Crippen molar-refractivity contribution >= 4 is 11.7 Å². The van der Waals surface area contributed by atoms with E-state index in [0.717, 1.165) is 0 Å². The zero-order chi connectivity index (χ0) is 19.8. The lowest BCUT2D eigenvalue weighted by atomic mass is 10.1. The highest BCUT2D eigenvalue weighted by Crippen LogP contribution is 2.34. The van der Waals surface area contributed by atoms with Crippen LogP contribution in [0.5, 0.6) is 17.2 Å². The molecule has 0 unspecified atom stereocenters. The first-order valence-electron chi connectivity index (χ1n) is 8.32. The zero-order valence-corrected chi connectivity index (χ0v) is 15.5. The molecule has 2 aromatic carbocycles. The smallest absolute Gasteiger partial charge is 0.220 e. The van der Waals surface area contributed by atoms with Gasteiger partial charge in [0.15, 0.2) is 17.3 Å². The molecule has 0 atom stereocenters. The molecule has 7 heteroatoms. The summed E-state index contributed by atoms with van der Waals surface area (Å²) in [5, 5.41) is 2.75. The highest BCUT2D eigenvalue weighted by Gasteiger charge is 2.14. The number of rotatable bonds is 9. The topological polar surface area (TPSA) is 73.9 Å². The maximum atomic E-state index is 12.9. The van der Waals surface area contributed by atoms with E-state index in [1.165, 1.54) is 45.6 Å². The summed E-state index contributed by atoms with van der Waals surface area (Å²) >= 11 is 0. The van der Waals surface area contributed by atoms with Crippen molar-refractivity contribution in [1.82, 2.24) is 5.32 Å². The number of halogens is 1. The number of hydrogen-bond donors (Lipinski definition) is 1. The van der Waals surface area contributed by atoms with E-state index >= 15 is 0 Å². The first kappa shape index (κ1) is 20.2. The SMILES string of the molecule is COc1cc(OC)c(OC)cc1CNC(=O)CCC(=O)c1ccc(F)cc1. The molecular weight excluding hydrogens is 353 g/mol. The number of Topliss-reactive ketones (excluding diaryl/α,β-unsaturated/α-hetero) is 1. The molecule has 2 aromatic rings. The van der Waals surface area contributed by atoms with Crippen LogP contribution in [-0.2, 0) is 11.3 Å². The molecule has 0 aromatic heterocycles. The largest absolute Gasteiger partial charge is 0.496 e. The molecule has 1 amide bonds. The highest BCUT2D eigenvalue weighted by molar-refractivity contribution is 5.97. The highest BCUT2D eigenvalue weighted by atomic mass is 19.1. The second-order valence-corrected chi connectivity index (χ2v) is 5.73. The fraction of sp³-hybridized carbons (Fsp3) is 0.300. The predicted molar refractivity (Wildman–Crippen MR) is 97.9 cm³/mol. The summed E-state index contributed by atoms with van der Waals surface area (Å²) in [5.74, 6) is 0.697. The number of carbonyl (C=O) groups is 2. The van der Waals surface area contributed by atoms with E-state index in [9.17, 15) is 14.0 Å². The molecular formula is C20H22FNO5. The molecule has 0 bridgehead atoms. The third kappa shape index (κ3) is 5.44. The van der Waals surface area contributed by atoms with Crippen LogP contribution in [0.4, 0.5) is 4.39 Å². The summed E-state index contributed by atoms with van der Waals surface area (Å²) in [6.07, 6.45) is 0.0757. The van der Waals surface area contributed by atoms with Crippen molar-refractivity contribution in [2.45, 2.75) is 19.4 Å². The Morgan fingerprint density at radius 2 is 1.48 bits per heavy atom. The van der Waals surface area contributed by atoms with Gasteiger partial charge in [0, 0.05) is 36.6 Å². The molecule has 1 N–H and O–H groups in total. The molecule has 0 aliphatic heterocycles. The number of nitrogens with one attached hydrogen (secondary N) is 1. The van der Waals surface area contributed by atoms with Gasteiger partial charge < -0.3 is 19.5 Å². The van der Waals surface area contributed by atoms with Crippen LogP contribution in [0.3, 0.4) is 0 Å². The van der Waals surface area contributed by atoms with Gasteiger partial charge in [-0.1, -0.05) is 0 Å². The first-order valence-corrected chi connectivity index (χ1v) is 8.32. The van der Waals surface area contributed by atoms with Crippen LogP contribution < -0.4 is 19.5 Å². The lowest BCUT2D eigenvalue weighted by molar-refractivity contribution is -0.121. The van der Waals surface area contributed by atoms with Crippen LogP contribution in [0.2, 0.25) is 0 Å². The van der Waals surface area contributed by atoms with Crippen molar-refractivity contribution in [3.63, 3.8) is 0 Å². The summed E-state index contributed by atoms with van der Waals surface area (Å²) in [4.78, 5) is 24.1. The fourth-order valence-electron chi connectivity index (χ4n) is 2.52. The maximum absolute atomic E-state index is 12.9. The summed E-state index contributed by atoms with van der Waals surface area (Å²) in [6.45, 7) is 0.215. The van der Waals surface area contributed by atoms with Gasteiger partial charge in [-0.2, -0.15) is 0 Å². The van der Waals surface area contributed by atoms with E-state index in [0.29, 0.717) is 28.4 Å². The Labute approximate surface area is 157 Å². The fourth-order valence-corrected chi connectivity index (χ4v) is 2.52. The molecule has 0 saturated carbocycles. The van der Waals surface area contributed by atoms with Gasteiger partial charge >= 0.3 is 0 Å². The average molecular weight is 375 g/mol. The summed E-state index contributed by atoms with van der Waals surface area (Å²) < 4.78 is 28.7. The normalized spacial score (nSPS) is 10.2. The zero-order valence-electron chi connectivity index (χ0n) is 15.5. The lowest BCUT2D eigenvalue weighted by Crippen LogP contribution is -2.23. The second-order valence-electron chi connectivity index (χ2n) is 5.73. The molecule has 0 spiro atoms. The van der Waals surface area contributed by atoms with E-state index < -0.39 is 5.82 Å². The number of ketones is 1. The van der Waals surface area contributed by atoms with Crippen molar-refractivity contribution in [1.29, 1.82) is 0 Å². The molecule has 27 heavy (non-hydrogen) atoms. The van der Waals surface area contributed by atoms with Crippen LogP contribution in [-0.4, -0.2) is 33.0 Å². The summed E-state index contributed by atoms with van der Waals surface area (Å²) in [5.41, 5.74) is 1.10. The predicted octanol–water partition coefficient (Wildman–Crippen LogP) is 3.13. The van der Waals surface area contributed by atoms with Gasteiger partial charge in [-0.15, -0.1) is 0 Å². The van der Waals surface area contributed by atoms with Crippen LogP contribution in [0.25, 0.3) is 0 Å². The van der Waals surface area contributed by atoms with E-state index in [1.54, 1.807) is 12.1 Å². The minimum Gasteiger partial charge on any atom is -0.496 e. The van der Waals surface area contributed by atoms with E-state index in [-0.39, 0.29) is 31.1 Å².